The van der Waals surface area contributed by atoms with Crippen LogP contribution in [0.5, 0.6) is 0 Å². The maximum Gasteiger partial charge on any atom is 0.247 e. The predicted octanol–water partition coefficient (Wildman–Crippen LogP) is 0.455. The van der Waals surface area contributed by atoms with E-state index in [4.69, 9.17) is 11.6 Å². The van der Waals surface area contributed by atoms with Gasteiger partial charge in [0, 0.05) is 17.2 Å². The third kappa shape index (κ3) is 3.08. The molecular formula is C12H9ClNO4S-. The number of carboxylic acid groups (broad SMARTS) is 1. The molecule has 0 aromatic heterocycles. The number of benzene rings is 1. The molecule has 1 aromatic carbocycles. The number of rotatable bonds is 4. The number of thioether (sulfide) groups is 1. The van der Waals surface area contributed by atoms with Crippen molar-refractivity contribution in [3.05, 3.63) is 29.3 Å². The lowest BCUT2D eigenvalue weighted by atomic mass is 10.3. The molecule has 2 rings (SSSR count). The van der Waals surface area contributed by atoms with Gasteiger partial charge in [0.15, 0.2) is 0 Å². The molecular weight excluding hydrogens is 290 g/mol. The van der Waals surface area contributed by atoms with Crippen LogP contribution >= 0.6 is 23.4 Å². The summed E-state index contributed by atoms with van der Waals surface area (Å²) in [6.45, 7) is 0. The van der Waals surface area contributed by atoms with Gasteiger partial charge in [0.25, 0.3) is 0 Å². The lowest BCUT2D eigenvalue weighted by molar-refractivity contribution is -0.301. The van der Waals surface area contributed by atoms with Crippen molar-refractivity contribution in [2.45, 2.75) is 11.7 Å². The predicted molar refractivity (Wildman–Crippen MR) is 69.8 cm³/mol. The third-order valence-corrected chi connectivity index (χ3v) is 4.02. The van der Waals surface area contributed by atoms with Gasteiger partial charge in [-0.2, -0.15) is 0 Å². The Morgan fingerprint density at radius 1 is 1.37 bits per heavy atom. The summed E-state index contributed by atoms with van der Waals surface area (Å²) in [5.41, 5.74) is 0.441. The van der Waals surface area contributed by atoms with E-state index in [0.29, 0.717) is 10.7 Å². The minimum absolute atomic E-state index is 0.000589. The van der Waals surface area contributed by atoms with Crippen LogP contribution in [0.3, 0.4) is 0 Å². The number of carboxylic acids is 1. The van der Waals surface area contributed by atoms with Crippen molar-refractivity contribution in [3.63, 3.8) is 0 Å². The number of carbonyl (C=O) groups excluding carboxylic acids is 3. The molecule has 0 N–H and O–H groups in total. The number of hydrogen-bond donors (Lipinski definition) is 0. The summed E-state index contributed by atoms with van der Waals surface area (Å²) in [4.78, 5) is 35.3. The van der Waals surface area contributed by atoms with Crippen LogP contribution in [0.4, 0.5) is 5.69 Å². The van der Waals surface area contributed by atoms with E-state index in [-0.39, 0.29) is 18.1 Å². The monoisotopic (exact) mass is 298 g/mol. The second-order valence-electron chi connectivity index (χ2n) is 3.92. The standard InChI is InChI=1S/C12H10ClNO4S/c13-7-1-3-8(4-2-7)14-10(15)5-9(12(14)18)19-6-11(16)17/h1-4,9H,5-6H2,(H,16,17)/p-1/t9-/m1/s1. The average molecular weight is 299 g/mol. The minimum Gasteiger partial charge on any atom is -0.549 e. The van der Waals surface area contributed by atoms with E-state index in [2.05, 4.69) is 0 Å². The van der Waals surface area contributed by atoms with Gasteiger partial charge >= 0.3 is 0 Å². The smallest absolute Gasteiger partial charge is 0.247 e. The van der Waals surface area contributed by atoms with Crippen molar-refractivity contribution in [1.29, 1.82) is 0 Å². The van der Waals surface area contributed by atoms with Crippen LogP contribution in [0, 0.1) is 0 Å². The summed E-state index contributed by atoms with van der Waals surface area (Å²) in [6, 6.07) is 6.31. The van der Waals surface area contributed by atoms with Crippen LogP contribution in [-0.4, -0.2) is 28.8 Å². The fourth-order valence-corrected chi connectivity index (χ4v) is 2.74. The van der Waals surface area contributed by atoms with Crippen molar-refractivity contribution < 1.29 is 19.5 Å². The van der Waals surface area contributed by atoms with Crippen LogP contribution < -0.4 is 10.0 Å². The van der Waals surface area contributed by atoms with Crippen molar-refractivity contribution in [3.8, 4) is 0 Å². The molecule has 1 aliphatic heterocycles. The molecule has 0 saturated carbocycles. The Morgan fingerprint density at radius 3 is 2.58 bits per heavy atom. The molecule has 0 radical (unpaired) electrons. The zero-order chi connectivity index (χ0) is 14.0. The maximum absolute atomic E-state index is 12.1. The molecule has 2 amide bonds. The van der Waals surface area contributed by atoms with E-state index in [1.165, 1.54) is 0 Å². The summed E-state index contributed by atoms with van der Waals surface area (Å²) in [7, 11) is 0. The third-order valence-electron chi connectivity index (χ3n) is 2.59. The largest absolute Gasteiger partial charge is 0.549 e. The fraction of sp³-hybridized carbons (Fsp3) is 0.250. The van der Waals surface area contributed by atoms with E-state index in [1.807, 2.05) is 0 Å². The van der Waals surface area contributed by atoms with Crippen LogP contribution in [0.15, 0.2) is 24.3 Å². The first-order valence-electron chi connectivity index (χ1n) is 5.43. The van der Waals surface area contributed by atoms with E-state index in [9.17, 15) is 19.5 Å². The summed E-state index contributed by atoms with van der Waals surface area (Å²) in [5, 5.41) is 10.2. The van der Waals surface area contributed by atoms with Crippen molar-refractivity contribution in [1.82, 2.24) is 0 Å². The lowest BCUT2D eigenvalue weighted by Gasteiger charge is -2.15. The highest BCUT2D eigenvalue weighted by Crippen LogP contribution is 2.30. The summed E-state index contributed by atoms with van der Waals surface area (Å²) < 4.78 is 0. The molecule has 19 heavy (non-hydrogen) atoms. The minimum atomic E-state index is -1.25. The Kier molecular flexibility index (Phi) is 4.11. The van der Waals surface area contributed by atoms with Crippen molar-refractivity contribution >= 4 is 46.8 Å². The molecule has 0 spiro atoms. The van der Waals surface area contributed by atoms with E-state index in [1.54, 1.807) is 24.3 Å². The van der Waals surface area contributed by atoms with Crippen LogP contribution in [-0.2, 0) is 14.4 Å². The number of nitrogens with zero attached hydrogens (tertiary/aromatic N) is 1. The molecule has 0 aliphatic carbocycles. The SMILES string of the molecule is O=C([O-])CS[C@@H]1CC(=O)N(c2ccc(Cl)cc2)C1=O. The number of hydrogen-bond acceptors (Lipinski definition) is 5. The molecule has 0 bridgehead atoms. The van der Waals surface area contributed by atoms with Gasteiger partial charge in [-0.05, 0) is 24.3 Å². The topological polar surface area (TPSA) is 77.5 Å². The number of imide groups is 1. The summed E-state index contributed by atoms with van der Waals surface area (Å²) in [6.07, 6.45) is -0.000589. The lowest BCUT2D eigenvalue weighted by Crippen LogP contribution is -2.32. The number of amides is 2. The van der Waals surface area contributed by atoms with Crippen molar-refractivity contribution in [2.75, 3.05) is 10.7 Å². The Labute approximate surface area is 118 Å². The molecule has 1 fully saturated rings. The molecule has 5 nitrogen and oxygen atoms in total. The molecule has 1 aromatic rings. The van der Waals surface area contributed by atoms with Gasteiger partial charge < -0.3 is 9.90 Å². The molecule has 100 valence electrons. The summed E-state index contributed by atoms with van der Waals surface area (Å²) in [5.74, 6) is -2.31. The first-order valence-corrected chi connectivity index (χ1v) is 6.85. The van der Waals surface area contributed by atoms with Gasteiger partial charge in [0.2, 0.25) is 11.8 Å². The van der Waals surface area contributed by atoms with Crippen molar-refractivity contribution in [2.24, 2.45) is 0 Å². The normalized spacial score (nSPS) is 19.0. The average Bonchev–Trinajstić information content (AvgIpc) is 2.63. The highest BCUT2D eigenvalue weighted by atomic mass is 35.5. The highest BCUT2D eigenvalue weighted by Gasteiger charge is 2.39. The first kappa shape index (κ1) is 13.9. The van der Waals surface area contributed by atoms with Gasteiger partial charge in [0.05, 0.1) is 16.9 Å². The van der Waals surface area contributed by atoms with Crippen LogP contribution in [0.1, 0.15) is 6.42 Å². The molecule has 1 aliphatic rings. The Balaban J connectivity index is 2.14. The number of carbonyl (C=O) groups is 3. The molecule has 1 heterocycles. The van der Waals surface area contributed by atoms with Gasteiger partial charge in [-0.15, -0.1) is 11.8 Å². The van der Waals surface area contributed by atoms with E-state index in [0.717, 1.165) is 16.7 Å². The van der Waals surface area contributed by atoms with Crippen LogP contribution in [0.25, 0.3) is 0 Å². The number of anilines is 1. The van der Waals surface area contributed by atoms with E-state index >= 15 is 0 Å². The number of halogens is 1. The zero-order valence-corrected chi connectivity index (χ0v) is 11.2. The Bertz CT molecular complexity index is 531. The quantitative estimate of drug-likeness (QED) is 0.755. The second kappa shape index (κ2) is 5.63. The van der Waals surface area contributed by atoms with Gasteiger partial charge in [-0.3, -0.25) is 9.59 Å². The molecule has 7 heteroatoms. The van der Waals surface area contributed by atoms with Gasteiger partial charge in [-0.25, -0.2) is 4.90 Å². The van der Waals surface area contributed by atoms with Gasteiger partial charge in [-0.1, -0.05) is 11.6 Å². The Hall–Kier alpha value is -1.53. The van der Waals surface area contributed by atoms with Crippen LogP contribution in [0.2, 0.25) is 5.02 Å². The van der Waals surface area contributed by atoms with Gasteiger partial charge in [0.1, 0.15) is 0 Å². The summed E-state index contributed by atoms with van der Waals surface area (Å²) >= 11 is 6.65. The maximum atomic E-state index is 12.1. The molecule has 0 unspecified atom stereocenters. The molecule has 1 atom stereocenters. The molecule has 1 saturated heterocycles. The fourth-order valence-electron chi connectivity index (χ4n) is 1.76. The Morgan fingerprint density at radius 2 is 2.00 bits per heavy atom. The zero-order valence-electron chi connectivity index (χ0n) is 9.67. The second-order valence-corrected chi connectivity index (χ2v) is 5.55. The number of aliphatic carboxylic acids is 1. The highest BCUT2D eigenvalue weighted by molar-refractivity contribution is 8.01. The van der Waals surface area contributed by atoms with E-state index < -0.39 is 17.1 Å². The first-order chi connectivity index (χ1) is 8.99.